The fourth-order valence-electron chi connectivity index (χ4n) is 2.17. The highest BCUT2D eigenvalue weighted by Crippen LogP contribution is 2.16. The van der Waals surface area contributed by atoms with Gasteiger partial charge in [0.25, 0.3) is 0 Å². The van der Waals surface area contributed by atoms with E-state index >= 15 is 0 Å². The molecule has 1 rings (SSSR count). The quantitative estimate of drug-likeness (QED) is 0.663. The standard InChI is InChI=1S/C11H24N2O3S/c1-12-7-5-6-11(12)10-13(2)17(15,16)9-4-3-8-14/h11,14H,3-10H2,1-2H3. The predicted octanol–water partition coefficient (Wildman–Crippen LogP) is 0.115. The van der Waals surface area contributed by atoms with Crippen LogP contribution in [0, 0.1) is 0 Å². The van der Waals surface area contributed by atoms with E-state index in [4.69, 9.17) is 5.11 Å². The van der Waals surface area contributed by atoms with Crippen molar-refractivity contribution < 1.29 is 13.5 Å². The van der Waals surface area contributed by atoms with E-state index in [1.54, 1.807) is 7.05 Å². The molecular weight excluding hydrogens is 240 g/mol. The maximum absolute atomic E-state index is 11.9. The Balaban J connectivity index is 2.42. The summed E-state index contributed by atoms with van der Waals surface area (Å²) in [6.45, 7) is 1.70. The largest absolute Gasteiger partial charge is 0.396 e. The molecular formula is C11H24N2O3S. The predicted molar refractivity (Wildman–Crippen MR) is 68.4 cm³/mol. The summed E-state index contributed by atoms with van der Waals surface area (Å²) in [5.74, 6) is 0.139. The molecule has 0 aromatic rings. The van der Waals surface area contributed by atoms with Crippen LogP contribution in [-0.2, 0) is 10.0 Å². The number of aliphatic hydroxyl groups excluding tert-OH is 1. The molecule has 0 amide bonds. The van der Waals surface area contributed by atoms with Gasteiger partial charge in [-0.2, -0.15) is 0 Å². The number of hydrogen-bond donors (Lipinski definition) is 1. The van der Waals surface area contributed by atoms with Gasteiger partial charge in [0.15, 0.2) is 0 Å². The van der Waals surface area contributed by atoms with Crippen molar-refractivity contribution in [3.05, 3.63) is 0 Å². The molecule has 1 atom stereocenters. The van der Waals surface area contributed by atoms with Crippen LogP contribution in [0.2, 0.25) is 0 Å². The molecule has 0 aliphatic carbocycles. The zero-order valence-electron chi connectivity index (χ0n) is 10.8. The Bertz CT molecular complexity index is 319. The maximum atomic E-state index is 11.9. The zero-order valence-corrected chi connectivity index (χ0v) is 11.6. The molecule has 102 valence electrons. The normalized spacial score (nSPS) is 22.5. The summed E-state index contributed by atoms with van der Waals surface area (Å²) in [5, 5.41) is 8.65. The maximum Gasteiger partial charge on any atom is 0.213 e. The summed E-state index contributed by atoms with van der Waals surface area (Å²) in [4.78, 5) is 2.22. The molecule has 0 aromatic carbocycles. The number of aliphatic hydroxyl groups is 1. The van der Waals surface area contributed by atoms with Crippen LogP contribution in [0.5, 0.6) is 0 Å². The van der Waals surface area contributed by atoms with Crippen molar-refractivity contribution in [1.82, 2.24) is 9.21 Å². The van der Waals surface area contributed by atoms with Gasteiger partial charge in [-0.25, -0.2) is 12.7 Å². The van der Waals surface area contributed by atoms with E-state index in [1.807, 2.05) is 7.05 Å². The number of nitrogens with zero attached hydrogens (tertiary/aromatic N) is 2. The van der Waals surface area contributed by atoms with Crippen molar-refractivity contribution in [2.45, 2.75) is 31.7 Å². The average Bonchev–Trinajstić information content (AvgIpc) is 2.64. The number of unbranched alkanes of at least 4 members (excludes halogenated alkanes) is 1. The van der Waals surface area contributed by atoms with E-state index < -0.39 is 10.0 Å². The van der Waals surface area contributed by atoms with Crippen molar-refractivity contribution in [2.24, 2.45) is 0 Å². The summed E-state index contributed by atoms with van der Waals surface area (Å²) in [6.07, 6.45) is 3.31. The van der Waals surface area contributed by atoms with Gasteiger partial charge in [-0.1, -0.05) is 0 Å². The molecule has 1 unspecified atom stereocenters. The van der Waals surface area contributed by atoms with Crippen LogP contribution in [0.25, 0.3) is 0 Å². The second-order valence-electron chi connectivity index (χ2n) is 4.80. The molecule has 0 radical (unpaired) electrons. The van der Waals surface area contributed by atoms with Gasteiger partial charge in [0.1, 0.15) is 0 Å². The third-order valence-electron chi connectivity index (χ3n) is 3.42. The topological polar surface area (TPSA) is 60.9 Å². The molecule has 0 bridgehead atoms. The van der Waals surface area contributed by atoms with E-state index in [0.29, 0.717) is 25.4 Å². The molecule has 1 aliphatic heterocycles. The lowest BCUT2D eigenvalue weighted by Crippen LogP contribution is -2.40. The minimum Gasteiger partial charge on any atom is -0.396 e. The number of likely N-dealkylation sites (N-methyl/N-ethyl adjacent to an activating group) is 2. The third-order valence-corrected chi connectivity index (χ3v) is 5.33. The van der Waals surface area contributed by atoms with Crippen molar-refractivity contribution in [3.8, 4) is 0 Å². The minimum absolute atomic E-state index is 0.0601. The number of likely N-dealkylation sites (tertiary alicyclic amines) is 1. The fourth-order valence-corrected chi connectivity index (χ4v) is 3.45. The Hall–Kier alpha value is -0.170. The molecule has 1 fully saturated rings. The second kappa shape index (κ2) is 6.68. The SMILES string of the molecule is CN1CCCC1CN(C)S(=O)(=O)CCCCO. The summed E-state index contributed by atoms with van der Waals surface area (Å²) >= 11 is 0. The molecule has 0 spiro atoms. The Morgan fingerprint density at radius 1 is 1.41 bits per heavy atom. The molecule has 1 saturated heterocycles. The van der Waals surface area contributed by atoms with E-state index in [9.17, 15) is 8.42 Å². The fraction of sp³-hybridized carbons (Fsp3) is 1.00. The Labute approximate surface area is 104 Å². The summed E-state index contributed by atoms with van der Waals surface area (Å²) in [6, 6.07) is 0.354. The van der Waals surface area contributed by atoms with Crippen LogP contribution in [0.15, 0.2) is 0 Å². The summed E-state index contributed by atoms with van der Waals surface area (Å²) in [7, 11) is 0.551. The lowest BCUT2D eigenvalue weighted by atomic mass is 10.2. The monoisotopic (exact) mass is 264 g/mol. The molecule has 6 heteroatoms. The number of hydrogen-bond acceptors (Lipinski definition) is 4. The average molecular weight is 264 g/mol. The van der Waals surface area contributed by atoms with E-state index in [0.717, 1.165) is 19.4 Å². The van der Waals surface area contributed by atoms with Crippen LogP contribution in [0.3, 0.4) is 0 Å². The van der Waals surface area contributed by atoms with Crippen LogP contribution < -0.4 is 0 Å². The highest BCUT2D eigenvalue weighted by atomic mass is 32.2. The zero-order chi connectivity index (χ0) is 12.9. The van der Waals surface area contributed by atoms with Gasteiger partial charge in [-0.05, 0) is 39.3 Å². The highest BCUT2D eigenvalue weighted by molar-refractivity contribution is 7.89. The first-order chi connectivity index (χ1) is 7.97. The van der Waals surface area contributed by atoms with E-state index in [1.165, 1.54) is 4.31 Å². The van der Waals surface area contributed by atoms with Gasteiger partial charge in [-0.15, -0.1) is 0 Å². The number of sulfonamides is 1. The van der Waals surface area contributed by atoms with Crippen LogP contribution in [-0.4, -0.2) is 68.3 Å². The molecule has 1 heterocycles. The van der Waals surface area contributed by atoms with E-state index in [2.05, 4.69) is 4.90 Å². The first kappa shape index (κ1) is 14.9. The van der Waals surface area contributed by atoms with Gasteiger partial charge in [-0.3, -0.25) is 0 Å². The first-order valence-electron chi connectivity index (χ1n) is 6.22. The Kier molecular flexibility index (Phi) is 5.85. The van der Waals surface area contributed by atoms with Gasteiger partial charge in [0, 0.05) is 26.2 Å². The van der Waals surface area contributed by atoms with Crippen molar-refractivity contribution >= 4 is 10.0 Å². The van der Waals surface area contributed by atoms with Gasteiger partial charge in [0.2, 0.25) is 10.0 Å². The second-order valence-corrected chi connectivity index (χ2v) is 7.00. The van der Waals surface area contributed by atoms with Crippen LogP contribution >= 0.6 is 0 Å². The van der Waals surface area contributed by atoms with Gasteiger partial charge < -0.3 is 10.0 Å². The summed E-state index contributed by atoms with van der Waals surface area (Å²) in [5.41, 5.74) is 0. The van der Waals surface area contributed by atoms with Gasteiger partial charge >= 0.3 is 0 Å². The third kappa shape index (κ3) is 4.54. The smallest absolute Gasteiger partial charge is 0.213 e. The molecule has 5 nitrogen and oxygen atoms in total. The molecule has 1 N–H and O–H groups in total. The van der Waals surface area contributed by atoms with Crippen molar-refractivity contribution in [1.29, 1.82) is 0 Å². The lowest BCUT2D eigenvalue weighted by molar-refractivity contribution is 0.270. The van der Waals surface area contributed by atoms with Crippen molar-refractivity contribution in [3.63, 3.8) is 0 Å². The Morgan fingerprint density at radius 2 is 2.12 bits per heavy atom. The minimum atomic E-state index is -3.15. The van der Waals surface area contributed by atoms with E-state index in [-0.39, 0.29) is 12.4 Å². The number of rotatable bonds is 7. The Morgan fingerprint density at radius 3 is 2.65 bits per heavy atom. The molecule has 1 aliphatic rings. The summed E-state index contributed by atoms with van der Waals surface area (Å²) < 4.78 is 25.3. The molecule has 0 saturated carbocycles. The first-order valence-corrected chi connectivity index (χ1v) is 7.83. The molecule has 17 heavy (non-hydrogen) atoms. The highest BCUT2D eigenvalue weighted by Gasteiger charge is 2.26. The lowest BCUT2D eigenvalue weighted by Gasteiger charge is -2.25. The van der Waals surface area contributed by atoms with Crippen LogP contribution in [0.4, 0.5) is 0 Å². The van der Waals surface area contributed by atoms with Crippen LogP contribution in [0.1, 0.15) is 25.7 Å². The van der Waals surface area contributed by atoms with Gasteiger partial charge in [0.05, 0.1) is 5.75 Å². The van der Waals surface area contributed by atoms with Crippen molar-refractivity contribution in [2.75, 3.05) is 39.5 Å². The molecule has 0 aromatic heterocycles.